The largest absolute Gasteiger partial charge is 0.452 e. The van der Waals surface area contributed by atoms with E-state index in [1.807, 2.05) is 6.07 Å². The molecule has 0 aromatic heterocycles. The number of hydrogen-bond acceptors (Lipinski definition) is 5. The highest BCUT2D eigenvalue weighted by molar-refractivity contribution is 5.97. The lowest BCUT2D eigenvalue weighted by Gasteiger charge is -2.07. The molecule has 0 saturated heterocycles. The average molecular weight is 323 g/mol. The summed E-state index contributed by atoms with van der Waals surface area (Å²) in [5.74, 6) is -1.81. The Balaban J connectivity index is 1.87. The number of anilines is 1. The van der Waals surface area contributed by atoms with Crippen LogP contribution in [-0.2, 0) is 9.53 Å². The van der Waals surface area contributed by atoms with Gasteiger partial charge in [-0.25, -0.2) is 4.79 Å². The first-order valence-electron chi connectivity index (χ1n) is 6.86. The number of nitrogens with zero attached hydrogens (tertiary/aromatic N) is 1. The maximum atomic E-state index is 11.8. The topological polar surface area (TPSA) is 122 Å². The van der Waals surface area contributed by atoms with E-state index in [2.05, 4.69) is 5.32 Å². The van der Waals surface area contributed by atoms with Crippen LogP contribution in [0.1, 0.15) is 26.3 Å². The molecule has 0 aliphatic carbocycles. The Bertz CT molecular complexity index is 805. The summed E-state index contributed by atoms with van der Waals surface area (Å²) in [5.41, 5.74) is 6.53. The van der Waals surface area contributed by atoms with Gasteiger partial charge in [0.25, 0.3) is 5.91 Å². The Morgan fingerprint density at radius 3 is 2.12 bits per heavy atom. The fourth-order valence-corrected chi connectivity index (χ4v) is 1.81. The summed E-state index contributed by atoms with van der Waals surface area (Å²) in [6.07, 6.45) is 0. The van der Waals surface area contributed by atoms with Gasteiger partial charge >= 0.3 is 5.97 Å². The van der Waals surface area contributed by atoms with Crippen LogP contribution in [0.4, 0.5) is 5.69 Å². The van der Waals surface area contributed by atoms with E-state index in [-0.39, 0.29) is 11.1 Å². The zero-order chi connectivity index (χ0) is 17.5. The van der Waals surface area contributed by atoms with Gasteiger partial charge in [-0.1, -0.05) is 0 Å². The molecule has 2 aromatic carbocycles. The van der Waals surface area contributed by atoms with Crippen molar-refractivity contribution < 1.29 is 19.1 Å². The molecule has 0 fully saturated rings. The second kappa shape index (κ2) is 7.56. The lowest BCUT2D eigenvalue weighted by molar-refractivity contribution is -0.119. The van der Waals surface area contributed by atoms with E-state index < -0.39 is 24.4 Å². The van der Waals surface area contributed by atoms with Crippen molar-refractivity contribution in [2.75, 3.05) is 11.9 Å². The Kier molecular flexibility index (Phi) is 5.26. The number of primary amides is 1. The number of rotatable bonds is 5. The van der Waals surface area contributed by atoms with E-state index in [9.17, 15) is 14.4 Å². The number of esters is 1. The first-order chi connectivity index (χ1) is 11.5. The fraction of sp³-hybridized carbons (Fsp3) is 0.0588. The van der Waals surface area contributed by atoms with Gasteiger partial charge in [-0.05, 0) is 48.5 Å². The molecule has 24 heavy (non-hydrogen) atoms. The second-order valence-corrected chi connectivity index (χ2v) is 4.76. The van der Waals surface area contributed by atoms with Crippen LogP contribution in [0.5, 0.6) is 0 Å². The number of ether oxygens (including phenoxy) is 1. The SMILES string of the molecule is N#Cc1ccc(NC(=O)COC(=O)c2ccc(C(N)=O)cc2)cc1. The molecule has 0 aliphatic heterocycles. The van der Waals surface area contributed by atoms with Gasteiger partial charge in [0, 0.05) is 11.3 Å². The molecule has 7 heteroatoms. The van der Waals surface area contributed by atoms with Crippen LogP contribution in [-0.4, -0.2) is 24.4 Å². The fourth-order valence-electron chi connectivity index (χ4n) is 1.81. The normalized spacial score (nSPS) is 9.62. The highest BCUT2D eigenvalue weighted by atomic mass is 16.5. The molecule has 0 unspecified atom stereocenters. The highest BCUT2D eigenvalue weighted by Crippen LogP contribution is 2.09. The maximum Gasteiger partial charge on any atom is 0.338 e. The lowest BCUT2D eigenvalue weighted by Crippen LogP contribution is -2.21. The van der Waals surface area contributed by atoms with E-state index in [1.54, 1.807) is 24.3 Å². The summed E-state index contributed by atoms with van der Waals surface area (Å²) >= 11 is 0. The van der Waals surface area contributed by atoms with Crippen LogP contribution in [0.15, 0.2) is 48.5 Å². The average Bonchev–Trinajstić information content (AvgIpc) is 2.60. The van der Waals surface area contributed by atoms with E-state index in [0.717, 1.165) is 0 Å². The molecule has 0 radical (unpaired) electrons. The van der Waals surface area contributed by atoms with Gasteiger partial charge in [-0.15, -0.1) is 0 Å². The van der Waals surface area contributed by atoms with Gasteiger partial charge in [-0.2, -0.15) is 5.26 Å². The van der Waals surface area contributed by atoms with Gasteiger partial charge in [0.05, 0.1) is 17.2 Å². The first-order valence-corrected chi connectivity index (χ1v) is 6.86. The number of carbonyl (C=O) groups excluding carboxylic acids is 3. The first kappa shape index (κ1) is 16.7. The number of carbonyl (C=O) groups is 3. The van der Waals surface area contributed by atoms with Crippen LogP contribution < -0.4 is 11.1 Å². The standard InChI is InChI=1S/C17H13N3O4/c18-9-11-1-7-14(8-2-11)20-15(21)10-24-17(23)13-5-3-12(4-6-13)16(19)22/h1-8H,10H2,(H2,19,22)(H,20,21). The molecule has 0 spiro atoms. The van der Waals surface area contributed by atoms with Crippen molar-refractivity contribution in [3.8, 4) is 6.07 Å². The number of benzene rings is 2. The summed E-state index contributed by atoms with van der Waals surface area (Å²) in [7, 11) is 0. The summed E-state index contributed by atoms with van der Waals surface area (Å²) in [6, 6.07) is 13.8. The molecule has 7 nitrogen and oxygen atoms in total. The van der Waals surface area contributed by atoms with Crippen LogP contribution >= 0.6 is 0 Å². The molecule has 120 valence electrons. The highest BCUT2D eigenvalue weighted by Gasteiger charge is 2.11. The third-order valence-corrected chi connectivity index (χ3v) is 3.04. The minimum Gasteiger partial charge on any atom is -0.452 e. The predicted molar refractivity (Wildman–Crippen MR) is 85.0 cm³/mol. The number of hydrogen-bond donors (Lipinski definition) is 2. The molecule has 2 amide bonds. The van der Waals surface area contributed by atoms with Crippen molar-refractivity contribution in [2.24, 2.45) is 5.73 Å². The maximum absolute atomic E-state index is 11.8. The Morgan fingerprint density at radius 1 is 1.00 bits per heavy atom. The Morgan fingerprint density at radius 2 is 1.58 bits per heavy atom. The third-order valence-electron chi connectivity index (χ3n) is 3.04. The Hall–Kier alpha value is -3.66. The number of nitrogens with one attached hydrogen (secondary N) is 1. The monoisotopic (exact) mass is 323 g/mol. The summed E-state index contributed by atoms with van der Waals surface area (Å²) in [5, 5.41) is 11.2. The van der Waals surface area contributed by atoms with Gasteiger partial charge < -0.3 is 15.8 Å². The van der Waals surface area contributed by atoms with Gasteiger partial charge in [0.15, 0.2) is 6.61 Å². The summed E-state index contributed by atoms with van der Waals surface area (Å²) in [6.45, 7) is -0.462. The number of amides is 2. The quantitative estimate of drug-likeness (QED) is 0.806. The molecule has 0 atom stereocenters. The van der Waals surface area contributed by atoms with E-state index in [4.69, 9.17) is 15.7 Å². The minimum absolute atomic E-state index is 0.200. The minimum atomic E-state index is -0.694. The van der Waals surface area contributed by atoms with Crippen molar-refractivity contribution >= 4 is 23.5 Å². The van der Waals surface area contributed by atoms with Gasteiger partial charge in [0.1, 0.15) is 0 Å². The molecular formula is C17H13N3O4. The van der Waals surface area contributed by atoms with Crippen LogP contribution in [0, 0.1) is 11.3 Å². The lowest BCUT2D eigenvalue weighted by atomic mass is 10.1. The van der Waals surface area contributed by atoms with E-state index in [0.29, 0.717) is 11.3 Å². The van der Waals surface area contributed by atoms with Crippen molar-refractivity contribution in [1.82, 2.24) is 0 Å². The van der Waals surface area contributed by atoms with Crippen molar-refractivity contribution in [1.29, 1.82) is 5.26 Å². The second-order valence-electron chi connectivity index (χ2n) is 4.76. The van der Waals surface area contributed by atoms with Gasteiger partial charge in [0.2, 0.25) is 5.91 Å². The predicted octanol–water partition coefficient (Wildman–Crippen LogP) is 1.45. The number of nitriles is 1. The molecule has 2 rings (SSSR count). The van der Waals surface area contributed by atoms with E-state index in [1.165, 1.54) is 24.3 Å². The molecular weight excluding hydrogens is 310 g/mol. The Labute approximate surface area is 137 Å². The molecule has 0 heterocycles. The van der Waals surface area contributed by atoms with Gasteiger partial charge in [-0.3, -0.25) is 9.59 Å². The van der Waals surface area contributed by atoms with Crippen molar-refractivity contribution in [3.05, 3.63) is 65.2 Å². The zero-order valence-electron chi connectivity index (χ0n) is 12.5. The van der Waals surface area contributed by atoms with E-state index >= 15 is 0 Å². The smallest absolute Gasteiger partial charge is 0.338 e. The van der Waals surface area contributed by atoms with Crippen molar-refractivity contribution in [3.63, 3.8) is 0 Å². The molecule has 0 bridgehead atoms. The van der Waals surface area contributed by atoms with Crippen LogP contribution in [0.3, 0.4) is 0 Å². The molecule has 0 aliphatic rings. The summed E-state index contributed by atoms with van der Waals surface area (Å²) in [4.78, 5) is 34.5. The third kappa shape index (κ3) is 4.42. The molecule has 0 saturated carbocycles. The number of nitrogens with two attached hydrogens (primary N) is 1. The van der Waals surface area contributed by atoms with Crippen molar-refractivity contribution in [2.45, 2.75) is 0 Å². The zero-order valence-corrected chi connectivity index (χ0v) is 12.5. The summed E-state index contributed by atoms with van der Waals surface area (Å²) < 4.78 is 4.89. The molecule has 2 aromatic rings. The molecule has 3 N–H and O–H groups in total. The van der Waals surface area contributed by atoms with Crippen LogP contribution in [0.25, 0.3) is 0 Å². The van der Waals surface area contributed by atoms with Crippen LogP contribution in [0.2, 0.25) is 0 Å².